The van der Waals surface area contributed by atoms with Crippen molar-refractivity contribution in [1.29, 1.82) is 0 Å². The summed E-state index contributed by atoms with van der Waals surface area (Å²) >= 11 is 7.08. The van der Waals surface area contributed by atoms with Crippen LogP contribution in [0.1, 0.15) is 32.1 Å². The molecule has 0 spiro atoms. The van der Waals surface area contributed by atoms with E-state index < -0.39 is 0 Å². The Bertz CT molecular complexity index is 577. The predicted octanol–water partition coefficient (Wildman–Crippen LogP) is 2.48. The minimum Gasteiger partial charge on any atom is -0.316 e. The average Bonchev–Trinajstić information content (AvgIpc) is 3.02. The molecule has 3 rings (SSSR count). The van der Waals surface area contributed by atoms with Crippen LogP contribution in [-0.4, -0.2) is 27.9 Å². The van der Waals surface area contributed by atoms with Crippen LogP contribution in [0.4, 0.5) is 0 Å². The van der Waals surface area contributed by atoms with Gasteiger partial charge in [0.1, 0.15) is 0 Å². The number of hydrogen-bond donors (Lipinski definition) is 2. The normalized spacial score (nSPS) is 17.8. The van der Waals surface area contributed by atoms with Crippen LogP contribution >= 0.6 is 23.6 Å². The molecule has 2 aromatic rings. The SMILES string of the molecule is S=c1nc(-c2cccs2)[nH]n1C[NH+]1CCCCCCC1. The lowest BCUT2D eigenvalue weighted by Crippen LogP contribution is -3.11. The largest absolute Gasteiger partial charge is 0.316 e. The van der Waals surface area contributed by atoms with E-state index in [1.807, 2.05) is 10.7 Å². The van der Waals surface area contributed by atoms with E-state index in [2.05, 4.69) is 21.5 Å². The zero-order valence-electron chi connectivity index (χ0n) is 11.6. The molecule has 0 radical (unpaired) electrons. The standard InChI is InChI=1S/C14H20N4S2/c19-14-15-13(12-7-6-10-20-12)16-18(14)11-17-8-4-2-1-3-5-9-17/h6-7,10H,1-5,8-9,11H2,(H,15,16,19)/p+1. The smallest absolute Gasteiger partial charge is 0.221 e. The number of quaternary nitrogens is 1. The third-order valence-electron chi connectivity index (χ3n) is 3.88. The molecule has 1 fully saturated rings. The van der Waals surface area contributed by atoms with Gasteiger partial charge in [0, 0.05) is 0 Å². The van der Waals surface area contributed by atoms with Crippen molar-refractivity contribution in [1.82, 2.24) is 14.8 Å². The second-order valence-corrected chi connectivity index (χ2v) is 6.75. The van der Waals surface area contributed by atoms with E-state index in [0.717, 1.165) is 17.4 Å². The number of H-pyrrole nitrogens is 1. The lowest BCUT2D eigenvalue weighted by atomic mass is 10.1. The molecule has 0 saturated carbocycles. The lowest BCUT2D eigenvalue weighted by Gasteiger charge is -2.21. The first-order valence-electron chi connectivity index (χ1n) is 7.37. The first-order chi connectivity index (χ1) is 9.83. The summed E-state index contributed by atoms with van der Waals surface area (Å²) in [4.78, 5) is 7.24. The van der Waals surface area contributed by atoms with Gasteiger partial charge in [0.15, 0.2) is 12.5 Å². The van der Waals surface area contributed by atoms with Crippen LogP contribution in [0, 0.1) is 4.77 Å². The van der Waals surface area contributed by atoms with E-state index in [4.69, 9.17) is 12.2 Å². The van der Waals surface area contributed by atoms with Crippen LogP contribution in [0.5, 0.6) is 0 Å². The maximum Gasteiger partial charge on any atom is 0.221 e. The first-order valence-corrected chi connectivity index (χ1v) is 8.66. The highest BCUT2D eigenvalue weighted by atomic mass is 32.1. The summed E-state index contributed by atoms with van der Waals surface area (Å²) in [6.07, 6.45) is 6.80. The van der Waals surface area contributed by atoms with E-state index in [1.165, 1.54) is 45.2 Å². The molecule has 20 heavy (non-hydrogen) atoms. The lowest BCUT2D eigenvalue weighted by molar-refractivity contribution is -0.924. The Kier molecular flexibility index (Phi) is 4.65. The van der Waals surface area contributed by atoms with Crippen LogP contribution in [0.25, 0.3) is 10.7 Å². The Labute approximate surface area is 128 Å². The highest BCUT2D eigenvalue weighted by Crippen LogP contribution is 2.20. The number of likely N-dealkylation sites (tertiary alicyclic amines) is 1. The van der Waals surface area contributed by atoms with Crippen LogP contribution < -0.4 is 4.90 Å². The van der Waals surface area contributed by atoms with Gasteiger partial charge in [0.05, 0.1) is 18.0 Å². The number of nitrogens with one attached hydrogen (secondary N) is 2. The number of aromatic amines is 1. The minimum atomic E-state index is 0.669. The summed E-state index contributed by atoms with van der Waals surface area (Å²) in [5.74, 6) is 0.899. The van der Waals surface area contributed by atoms with E-state index in [-0.39, 0.29) is 0 Å². The van der Waals surface area contributed by atoms with Crippen molar-refractivity contribution < 1.29 is 4.90 Å². The zero-order chi connectivity index (χ0) is 13.8. The monoisotopic (exact) mass is 309 g/mol. The third kappa shape index (κ3) is 3.37. The van der Waals surface area contributed by atoms with E-state index in [1.54, 1.807) is 16.2 Å². The van der Waals surface area contributed by atoms with Gasteiger partial charge in [-0.25, -0.2) is 4.68 Å². The number of aromatic nitrogens is 3. The van der Waals surface area contributed by atoms with Gasteiger partial charge >= 0.3 is 0 Å². The van der Waals surface area contributed by atoms with Gasteiger partial charge in [0.25, 0.3) is 0 Å². The molecule has 1 saturated heterocycles. The summed E-state index contributed by atoms with van der Waals surface area (Å²) in [5.41, 5.74) is 0. The summed E-state index contributed by atoms with van der Waals surface area (Å²) in [6, 6.07) is 4.12. The van der Waals surface area contributed by atoms with Gasteiger partial charge in [-0.15, -0.1) is 11.3 Å². The highest BCUT2D eigenvalue weighted by molar-refractivity contribution is 7.71. The van der Waals surface area contributed by atoms with Gasteiger partial charge < -0.3 is 4.90 Å². The van der Waals surface area contributed by atoms with Gasteiger partial charge in [-0.1, -0.05) is 12.5 Å². The van der Waals surface area contributed by atoms with E-state index in [9.17, 15) is 0 Å². The van der Waals surface area contributed by atoms with Crippen molar-refractivity contribution in [3.63, 3.8) is 0 Å². The minimum absolute atomic E-state index is 0.669. The Morgan fingerprint density at radius 2 is 2.00 bits per heavy atom. The number of rotatable bonds is 3. The van der Waals surface area contributed by atoms with Gasteiger partial charge in [-0.2, -0.15) is 4.98 Å². The Morgan fingerprint density at radius 3 is 2.70 bits per heavy atom. The van der Waals surface area contributed by atoms with Crippen LogP contribution in [0.3, 0.4) is 0 Å². The number of nitrogens with zero attached hydrogens (tertiary/aromatic N) is 2. The molecule has 2 N–H and O–H groups in total. The topological polar surface area (TPSA) is 38.0 Å². The average molecular weight is 309 g/mol. The van der Waals surface area contributed by atoms with E-state index in [0.29, 0.717) is 4.77 Å². The Morgan fingerprint density at radius 1 is 1.25 bits per heavy atom. The summed E-state index contributed by atoms with van der Waals surface area (Å²) in [6.45, 7) is 3.40. The summed E-state index contributed by atoms with van der Waals surface area (Å²) in [7, 11) is 0. The third-order valence-corrected chi connectivity index (χ3v) is 5.06. The molecule has 6 heteroatoms. The molecule has 0 bridgehead atoms. The summed E-state index contributed by atoms with van der Waals surface area (Å²) < 4.78 is 2.70. The van der Waals surface area contributed by atoms with Gasteiger partial charge in [-0.3, -0.25) is 5.10 Å². The van der Waals surface area contributed by atoms with Gasteiger partial charge in [0.2, 0.25) is 4.77 Å². The second-order valence-electron chi connectivity index (χ2n) is 5.44. The Balaban J connectivity index is 1.72. The quantitative estimate of drug-likeness (QED) is 0.855. The van der Waals surface area contributed by atoms with Gasteiger partial charge in [-0.05, 0) is 49.3 Å². The summed E-state index contributed by atoms with van der Waals surface area (Å²) in [5, 5.41) is 5.42. The molecule has 0 atom stereocenters. The Hall–Kier alpha value is -0.980. The van der Waals surface area contributed by atoms with Crippen molar-refractivity contribution in [2.24, 2.45) is 0 Å². The maximum atomic E-state index is 5.39. The number of thiophene rings is 1. The molecular weight excluding hydrogens is 288 g/mol. The van der Waals surface area contributed by atoms with Crippen molar-refractivity contribution in [2.45, 2.75) is 38.8 Å². The first kappa shape index (κ1) is 14.0. The fourth-order valence-electron chi connectivity index (χ4n) is 2.77. The fourth-order valence-corrected chi connectivity index (χ4v) is 3.64. The predicted molar refractivity (Wildman–Crippen MR) is 84.5 cm³/mol. The van der Waals surface area contributed by atoms with Crippen LogP contribution in [-0.2, 0) is 6.67 Å². The molecule has 0 unspecified atom stereocenters. The number of hydrogen-bond acceptors (Lipinski definition) is 3. The molecule has 4 nitrogen and oxygen atoms in total. The molecule has 1 aliphatic rings. The molecule has 0 aliphatic carbocycles. The van der Waals surface area contributed by atoms with Crippen molar-refractivity contribution in [3.8, 4) is 10.7 Å². The molecular formula is C14H21N4S2+. The molecule has 0 aromatic carbocycles. The van der Waals surface area contributed by atoms with E-state index >= 15 is 0 Å². The second kappa shape index (κ2) is 6.65. The zero-order valence-corrected chi connectivity index (χ0v) is 13.2. The van der Waals surface area contributed by atoms with Crippen molar-refractivity contribution in [3.05, 3.63) is 22.3 Å². The molecule has 2 aromatic heterocycles. The van der Waals surface area contributed by atoms with Crippen molar-refractivity contribution in [2.75, 3.05) is 13.1 Å². The maximum absolute atomic E-state index is 5.39. The van der Waals surface area contributed by atoms with Crippen LogP contribution in [0.2, 0.25) is 0 Å². The fraction of sp³-hybridized carbons (Fsp3) is 0.571. The molecule has 1 aliphatic heterocycles. The highest BCUT2D eigenvalue weighted by Gasteiger charge is 2.14. The molecule has 108 valence electrons. The molecule has 0 amide bonds. The molecule has 3 heterocycles. The van der Waals surface area contributed by atoms with Crippen LogP contribution in [0.15, 0.2) is 17.5 Å². The van der Waals surface area contributed by atoms with Crippen molar-refractivity contribution >= 4 is 23.6 Å².